The SMILES string of the molecule is Cn1cc2cc(-c3cc(F)c(Cn4c(=O)cnc5cccnc54)c(F)c3)ccc2n1. The first kappa shape index (κ1) is 18.1. The number of hydrogen-bond donors (Lipinski definition) is 0. The van der Waals surface area contributed by atoms with Crippen molar-refractivity contribution in [1.82, 2.24) is 24.3 Å². The van der Waals surface area contributed by atoms with E-state index in [4.69, 9.17) is 0 Å². The molecule has 8 heteroatoms. The summed E-state index contributed by atoms with van der Waals surface area (Å²) in [4.78, 5) is 20.4. The van der Waals surface area contributed by atoms with Gasteiger partial charge >= 0.3 is 0 Å². The van der Waals surface area contributed by atoms with Crippen LogP contribution in [0.2, 0.25) is 0 Å². The summed E-state index contributed by atoms with van der Waals surface area (Å²) in [7, 11) is 1.81. The molecule has 0 bridgehead atoms. The minimum Gasteiger partial charge on any atom is -0.285 e. The molecule has 0 saturated heterocycles. The smallest absolute Gasteiger partial charge is 0.270 e. The van der Waals surface area contributed by atoms with Gasteiger partial charge in [0.05, 0.1) is 18.3 Å². The van der Waals surface area contributed by atoms with E-state index in [1.165, 1.54) is 22.9 Å². The van der Waals surface area contributed by atoms with E-state index in [0.29, 0.717) is 16.6 Å². The van der Waals surface area contributed by atoms with Crippen LogP contribution >= 0.6 is 0 Å². The first-order chi connectivity index (χ1) is 14.5. The van der Waals surface area contributed by atoms with Crippen molar-refractivity contribution < 1.29 is 8.78 Å². The summed E-state index contributed by atoms with van der Waals surface area (Å²) < 4.78 is 32.7. The highest BCUT2D eigenvalue weighted by molar-refractivity contribution is 5.84. The van der Waals surface area contributed by atoms with Gasteiger partial charge in [-0.05, 0) is 47.5 Å². The predicted molar refractivity (Wildman–Crippen MR) is 109 cm³/mol. The average molecular weight is 403 g/mol. The van der Waals surface area contributed by atoms with Crippen LogP contribution in [0, 0.1) is 11.6 Å². The van der Waals surface area contributed by atoms with E-state index in [0.717, 1.165) is 17.1 Å². The van der Waals surface area contributed by atoms with Crippen LogP contribution in [0.3, 0.4) is 0 Å². The molecule has 5 rings (SSSR count). The third-order valence-electron chi connectivity index (χ3n) is 5.01. The Balaban J connectivity index is 1.58. The zero-order valence-corrected chi connectivity index (χ0v) is 15.9. The van der Waals surface area contributed by atoms with Crippen LogP contribution in [0.15, 0.2) is 65.8 Å². The molecule has 3 aromatic heterocycles. The Morgan fingerprint density at radius 3 is 2.57 bits per heavy atom. The number of nitrogens with zero attached hydrogens (tertiary/aromatic N) is 5. The molecule has 5 aromatic rings. The maximum Gasteiger partial charge on any atom is 0.270 e. The van der Waals surface area contributed by atoms with Gasteiger partial charge in [0, 0.05) is 30.4 Å². The number of hydrogen-bond acceptors (Lipinski definition) is 4. The van der Waals surface area contributed by atoms with Gasteiger partial charge in [0.25, 0.3) is 5.56 Å². The first-order valence-electron chi connectivity index (χ1n) is 9.22. The Hall–Kier alpha value is -3.94. The fourth-order valence-electron chi connectivity index (χ4n) is 3.56. The number of benzene rings is 2. The highest BCUT2D eigenvalue weighted by Gasteiger charge is 2.16. The molecule has 0 radical (unpaired) electrons. The molecule has 0 aliphatic rings. The molecule has 0 atom stereocenters. The fourth-order valence-corrected chi connectivity index (χ4v) is 3.56. The summed E-state index contributed by atoms with van der Waals surface area (Å²) in [6.07, 6.45) is 4.47. The summed E-state index contributed by atoms with van der Waals surface area (Å²) in [6.45, 7) is -0.283. The molecule has 0 N–H and O–H groups in total. The Morgan fingerprint density at radius 1 is 0.967 bits per heavy atom. The van der Waals surface area contributed by atoms with Crippen LogP contribution in [0.4, 0.5) is 8.78 Å². The highest BCUT2D eigenvalue weighted by Crippen LogP contribution is 2.27. The number of halogens is 2. The normalized spacial score (nSPS) is 11.4. The zero-order chi connectivity index (χ0) is 20.8. The van der Waals surface area contributed by atoms with Gasteiger partial charge < -0.3 is 0 Å². The lowest BCUT2D eigenvalue weighted by molar-refractivity contribution is 0.544. The van der Waals surface area contributed by atoms with Crippen molar-refractivity contribution >= 4 is 22.1 Å². The molecule has 3 heterocycles. The van der Waals surface area contributed by atoms with Crippen molar-refractivity contribution in [2.45, 2.75) is 6.54 Å². The molecule has 0 aliphatic heterocycles. The summed E-state index contributed by atoms with van der Waals surface area (Å²) in [6, 6.07) is 11.3. The lowest BCUT2D eigenvalue weighted by Crippen LogP contribution is -2.23. The van der Waals surface area contributed by atoms with E-state index in [1.54, 1.807) is 22.9 Å². The average Bonchev–Trinajstić information content (AvgIpc) is 3.11. The molecule has 0 spiro atoms. The lowest BCUT2D eigenvalue weighted by atomic mass is 10.0. The topological polar surface area (TPSA) is 65.6 Å². The predicted octanol–water partition coefficient (Wildman–Crippen LogP) is 3.67. The van der Waals surface area contributed by atoms with Crippen LogP contribution in [0.1, 0.15) is 5.56 Å². The van der Waals surface area contributed by atoms with Gasteiger partial charge in [-0.15, -0.1) is 0 Å². The monoisotopic (exact) mass is 403 g/mol. The molecule has 0 unspecified atom stereocenters. The second-order valence-corrected chi connectivity index (χ2v) is 7.02. The number of rotatable bonds is 3. The third-order valence-corrected chi connectivity index (χ3v) is 5.01. The third kappa shape index (κ3) is 3.02. The van der Waals surface area contributed by atoms with Crippen LogP contribution in [0.25, 0.3) is 33.2 Å². The minimum absolute atomic E-state index is 0.207. The van der Waals surface area contributed by atoms with Gasteiger partial charge in [0.2, 0.25) is 0 Å². The molecule has 0 amide bonds. The van der Waals surface area contributed by atoms with Crippen molar-refractivity contribution in [3.63, 3.8) is 0 Å². The summed E-state index contributed by atoms with van der Waals surface area (Å²) in [5.74, 6) is -1.46. The number of aryl methyl sites for hydroxylation is 1. The summed E-state index contributed by atoms with van der Waals surface area (Å²) in [5, 5.41) is 5.18. The molecule has 6 nitrogen and oxygen atoms in total. The van der Waals surface area contributed by atoms with Gasteiger partial charge in [-0.1, -0.05) is 6.07 Å². The van der Waals surface area contributed by atoms with E-state index in [1.807, 2.05) is 25.4 Å². The first-order valence-corrected chi connectivity index (χ1v) is 9.22. The number of fused-ring (bicyclic) bond motifs is 2. The Labute approximate surface area is 169 Å². The van der Waals surface area contributed by atoms with Crippen LogP contribution < -0.4 is 5.56 Å². The Morgan fingerprint density at radius 2 is 1.77 bits per heavy atom. The molecule has 30 heavy (non-hydrogen) atoms. The second-order valence-electron chi connectivity index (χ2n) is 7.02. The number of pyridine rings is 1. The second kappa shape index (κ2) is 6.84. The minimum atomic E-state index is -0.732. The van der Waals surface area contributed by atoms with Gasteiger partial charge in [-0.3, -0.25) is 14.0 Å². The molecule has 0 fully saturated rings. The van der Waals surface area contributed by atoms with Crippen LogP contribution in [-0.4, -0.2) is 24.3 Å². The van der Waals surface area contributed by atoms with Gasteiger partial charge in [-0.2, -0.15) is 5.10 Å². The molecular formula is C22H15F2N5O. The largest absolute Gasteiger partial charge is 0.285 e. The lowest BCUT2D eigenvalue weighted by Gasteiger charge is -2.12. The summed E-state index contributed by atoms with van der Waals surface area (Å²) in [5.41, 5.74) is 1.94. The van der Waals surface area contributed by atoms with Gasteiger partial charge in [0.15, 0.2) is 5.65 Å². The van der Waals surface area contributed by atoms with Crippen molar-refractivity contribution in [3.05, 3.63) is 88.6 Å². The van der Waals surface area contributed by atoms with E-state index in [2.05, 4.69) is 15.1 Å². The molecule has 148 valence electrons. The maximum absolute atomic E-state index is 14.9. The molecule has 0 aliphatic carbocycles. The van der Waals surface area contributed by atoms with Gasteiger partial charge in [0.1, 0.15) is 17.2 Å². The van der Waals surface area contributed by atoms with Crippen LogP contribution in [-0.2, 0) is 13.6 Å². The maximum atomic E-state index is 14.9. The van der Waals surface area contributed by atoms with Crippen LogP contribution in [0.5, 0.6) is 0 Å². The van der Waals surface area contributed by atoms with E-state index < -0.39 is 17.2 Å². The zero-order valence-electron chi connectivity index (χ0n) is 15.9. The molecular weight excluding hydrogens is 388 g/mol. The quantitative estimate of drug-likeness (QED) is 0.461. The van der Waals surface area contributed by atoms with Crippen molar-refractivity contribution in [1.29, 1.82) is 0 Å². The van der Waals surface area contributed by atoms with E-state index in [9.17, 15) is 13.6 Å². The van der Waals surface area contributed by atoms with Crippen molar-refractivity contribution in [2.24, 2.45) is 7.05 Å². The Bertz CT molecular complexity index is 1470. The highest BCUT2D eigenvalue weighted by atomic mass is 19.1. The molecule has 2 aromatic carbocycles. The van der Waals surface area contributed by atoms with Crippen molar-refractivity contribution in [2.75, 3.05) is 0 Å². The number of aromatic nitrogens is 5. The van der Waals surface area contributed by atoms with E-state index in [-0.39, 0.29) is 17.8 Å². The summed E-state index contributed by atoms with van der Waals surface area (Å²) >= 11 is 0. The standard InChI is InChI=1S/C22H15F2N5O/c1-28-11-15-7-13(4-5-19(15)27-28)14-8-17(23)16(18(24)9-14)12-29-21(30)10-26-20-3-2-6-25-22(20)29/h2-11H,12H2,1H3. The van der Waals surface area contributed by atoms with Gasteiger partial charge in [-0.25, -0.2) is 18.7 Å². The Kier molecular flexibility index (Phi) is 4.13. The van der Waals surface area contributed by atoms with E-state index >= 15 is 0 Å². The van der Waals surface area contributed by atoms with Crippen molar-refractivity contribution in [3.8, 4) is 11.1 Å². The molecule has 0 saturated carbocycles. The fraction of sp³-hybridized carbons (Fsp3) is 0.0909.